The lowest BCUT2D eigenvalue weighted by molar-refractivity contribution is -0.135. The largest absolute Gasteiger partial charge is 0.427 e. The molecule has 1 aromatic rings. The monoisotopic (exact) mass is 332 g/mol. The van der Waals surface area contributed by atoms with Gasteiger partial charge in [0, 0.05) is 6.42 Å². The second-order valence-electron chi connectivity index (χ2n) is 6.31. The molecular formula is C15H24O6S. The number of rotatable bonds is 4. The Kier molecular flexibility index (Phi) is 8.29. The van der Waals surface area contributed by atoms with Crippen molar-refractivity contribution in [2.24, 2.45) is 11.3 Å². The molecule has 2 N–H and O–H groups in total. The Morgan fingerprint density at radius 2 is 1.64 bits per heavy atom. The summed E-state index contributed by atoms with van der Waals surface area (Å²) >= 11 is 0. The lowest BCUT2D eigenvalue weighted by Gasteiger charge is -2.22. The van der Waals surface area contributed by atoms with Gasteiger partial charge in [-0.15, -0.1) is 0 Å². The highest BCUT2D eigenvalue weighted by Crippen LogP contribution is 2.26. The minimum Gasteiger partial charge on any atom is -0.427 e. The summed E-state index contributed by atoms with van der Waals surface area (Å²) in [5, 5.41) is 0. The number of carbonyl (C=O) groups is 1. The van der Waals surface area contributed by atoms with Crippen LogP contribution in [0.3, 0.4) is 0 Å². The number of benzene rings is 1. The SMILES string of the molecule is CC(CC(=O)Oc1ccccc1)CC(C)(C)C.O=S(=O)(O)O. The molecule has 7 heteroatoms. The van der Waals surface area contributed by atoms with Gasteiger partial charge in [-0.25, -0.2) is 0 Å². The van der Waals surface area contributed by atoms with Gasteiger partial charge in [0.15, 0.2) is 0 Å². The van der Waals surface area contributed by atoms with Crippen molar-refractivity contribution >= 4 is 16.4 Å². The summed E-state index contributed by atoms with van der Waals surface area (Å²) < 4.78 is 36.8. The summed E-state index contributed by atoms with van der Waals surface area (Å²) in [5.74, 6) is 0.833. The van der Waals surface area contributed by atoms with Crippen molar-refractivity contribution in [1.29, 1.82) is 0 Å². The van der Waals surface area contributed by atoms with Crippen molar-refractivity contribution < 1.29 is 27.1 Å². The van der Waals surface area contributed by atoms with Gasteiger partial charge in [-0.2, -0.15) is 8.42 Å². The topological polar surface area (TPSA) is 101 Å². The molecule has 1 atom stereocenters. The molecule has 0 fully saturated rings. The Morgan fingerprint density at radius 3 is 2.05 bits per heavy atom. The second-order valence-corrected chi connectivity index (χ2v) is 7.20. The van der Waals surface area contributed by atoms with E-state index in [0.717, 1.165) is 6.42 Å². The van der Waals surface area contributed by atoms with Gasteiger partial charge in [0.25, 0.3) is 0 Å². The minimum absolute atomic E-state index is 0.145. The molecule has 0 aliphatic heterocycles. The van der Waals surface area contributed by atoms with Crippen LogP contribution < -0.4 is 4.74 Å². The van der Waals surface area contributed by atoms with Crippen LogP contribution in [-0.2, 0) is 15.2 Å². The zero-order chi connectivity index (χ0) is 17.4. The van der Waals surface area contributed by atoms with E-state index in [1.807, 2.05) is 18.2 Å². The van der Waals surface area contributed by atoms with Crippen molar-refractivity contribution in [1.82, 2.24) is 0 Å². The van der Waals surface area contributed by atoms with E-state index in [-0.39, 0.29) is 11.4 Å². The van der Waals surface area contributed by atoms with Crippen LogP contribution in [0.2, 0.25) is 0 Å². The second kappa shape index (κ2) is 8.87. The van der Waals surface area contributed by atoms with E-state index in [9.17, 15) is 4.79 Å². The third kappa shape index (κ3) is 15.0. The summed E-state index contributed by atoms with van der Waals surface area (Å²) in [7, 11) is -4.67. The predicted molar refractivity (Wildman–Crippen MR) is 84.1 cm³/mol. The van der Waals surface area contributed by atoms with Crippen LogP contribution in [0.15, 0.2) is 30.3 Å². The van der Waals surface area contributed by atoms with Gasteiger partial charge in [0.05, 0.1) is 0 Å². The highest BCUT2D eigenvalue weighted by Gasteiger charge is 2.18. The molecule has 0 aliphatic rings. The molecule has 126 valence electrons. The molecule has 0 bridgehead atoms. The summed E-state index contributed by atoms with van der Waals surface area (Å²) in [6.07, 6.45) is 1.50. The molecular weight excluding hydrogens is 308 g/mol. The average molecular weight is 332 g/mol. The third-order valence-electron chi connectivity index (χ3n) is 2.45. The van der Waals surface area contributed by atoms with E-state index in [0.29, 0.717) is 18.1 Å². The lowest BCUT2D eigenvalue weighted by atomic mass is 9.84. The fourth-order valence-corrected chi connectivity index (χ4v) is 2.06. The third-order valence-corrected chi connectivity index (χ3v) is 2.45. The van der Waals surface area contributed by atoms with Crippen LogP contribution in [0, 0.1) is 11.3 Å². The van der Waals surface area contributed by atoms with Gasteiger partial charge in [-0.1, -0.05) is 45.9 Å². The van der Waals surface area contributed by atoms with Gasteiger partial charge in [0.1, 0.15) is 5.75 Å². The van der Waals surface area contributed by atoms with Crippen molar-refractivity contribution in [2.75, 3.05) is 0 Å². The molecule has 0 spiro atoms. The van der Waals surface area contributed by atoms with Gasteiger partial charge in [-0.05, 0) is 29.9 Å². The first kappa shape index (κ1) is 20.6. The molecule has 1 rings (SSSR count). The number of hydrogen-bond acceptors (Lipinski definition) is 4. The summed E-state index contributed by atoms with van der Waals surface area (Å²) in [6.45, 7) is 8.65. The van der Waals surface area contributed by atoms with E-state index >= 15 is 0 Å². The molecule has 22 heavy (non-hydrogen) atoms. The Labute approximate surface area is 132 Å². The fourth-order valence-electron chi connectivity index (χ4n) is 2.06. The smallest absolute Gasteiger partial charge is 0.394 e. The molecule has 0 saturated heterocycles. The highest BCUT2D eigenvalue weighted by atomic mass is 32.3. The lowest BCUT2D eigenvalue weighted by Crippen LogP contribution is -2.17. The maximum Gasteiger partial charge on any atom is 0.394 e. The summed E-state index contributed by atoms with van der Waals surface area (Å²) in [5.41, 5.74) is 0.256. The molecule has 0 heterocycles. The summed E-state index contributed by atoms with van der Waals surface area (Å²) in [4.78, 5) is 11.7. The molecule has 6 nitrogen and oxygen atoms in total. The molecule has 0 saturated carbocycles. The van der Waals surface area contributed by atoms with Crippen molar-refractivity contribution in [2.45, 2.75) is 40.5 Å². The Balaban J connectivity index is 0.000000763. The Hall–Kier alpha value is -1.44. The van der Waals surface area contributed by atoms with Crippen LogP contribution in [0.4, 0.5) is 0 Å². The first-order chi connectivity index (χ1) is 9.87. The van der Waals surface area contributed by atoms with Crippen LogP contribution in [-0.4, -0.2) is 23.5 Å². The molecule has 0 aliphatic carbocycles. The van der Waals surface area contributed by atoms with E-state index in [4.69, 9.17) is 22.3 Å². The quantitative estimate of drug-likeness (QED) is 0.498. The van der Waals surface area contributed by atoms with Crippen LogP contribution in [0.1, 0.15) is 40.5 Å². The van der Waals surface area contributed by atoms with Gasteiger partial charge >= 0.3 is 16.4 Å². The van der Waals surface area contributed by atoms with E-state index in [2.05, 4.69) is 27.7 Å². The number of ether oxygens (including phenoxy) is 1. The average Bonchev–Trinajstić information content (AvgIpc) is 2.24. The zero-order valence-corrected chi connectivity index (χ0v) is 14.1. The van der Waals surface area contributed by atoms with Crippen molar-refractivity contribution in [3.05, 3.63) is 30.3 Å². The first-order valence-electron chi connectivity index (χ1n) is 6.82. The number of para-hydroxylation sites is 1. The van der Waals surface area contributed by atoms with Crippen LogP contribution in [0.5, 0.6) is 5.75 Å². The standard InChI is InChI=1S/C15H22O2.H2O4S/c1-12(11-15(2,3)4)10-14(16)17-13-8-6-5-7-9-13;1-5(2,3)4/h5-9,12H,10-11H2,1-4H3;(H2,1,2,3,4). The summed E-state index contributed by atoms with van der Waals surface area (Å²) in [6, 6.07) is 9.22. The maximum absolute atomic E-state index is 11.7. The van der Waals surface area contributed by atoms with Gasteiger partial charge < -0.3 is 4.74 Å². The molecule has 1 unspecified atom stereocenters. The van der Waals surface area contributed by atoms with Crippen LogP contribution >= 0.6 is 0 Å². The molecule has 0 amide bonds. The number of esters is 1. The van der Waals surface area contributed by atoms with Crippen LogP contribution in [0.25, 0.3) is 0 Å². The molecule has 0 radical (unpaired) electrons. The normalized spacial score (nSPS) is 12.8. The minimum atomic E-state index is -4.67. The Bertz CT molecular complexity index is 537. The number of carbonyl (C=O) groups excluding carboxylic acids is 1. The molecule has 0 aromatic heterocycles. The molecule has 1 aromatic carbocycles. The van der Waals surface area contributed by atoms with Crippen molar-refractivity contribution in [3.63, 3.8) is 0 Å². The predicted octanol–water partition coefficient (Wildman–Crippen LogP) is 3.40. The Morgan fingerprint density at radius 1 is 1.18 bits per heavy atom. The maximum atomic E-state index is 11.7. The van der Waals surface area contributed by atoms with Gasteiger partial charge in [-0.3, -0.25) is 13.9 Å². The first-order valence-corrected chi connectivity index (χ1v) is 8.22. The van der Waals surface area contributed by atoms with Crippen molar-refractivity contribution in [3.8, 4) is 5.75 Å². The van der Waals surface area contributed by atoms with E-state index < -0.39 is 10.4 Å². The zero-order valence-electron chi connectivity index (χ0n) is 13.3. The van der Waals surface area contributed by atoms with Gasteiger partial charge in [0.2, 0.25) is 0 Å². The highest BCUT2D eigenvalue weighted by molar-refractivity contribution is 7.79. The van der Waals surface area contributed by atoms with E-state index in [1.165, 1.54) is 0 Å². The fraction of sp³-hybridized carbons (Fsp3) is 0.533. The number of hydrogen-bond donors (Lipinski definition) is 2. The van der Waals surface area contributed by atoms with E-state index in [1.54, 1.807) is 12.1 Å².